The second-order valence-corrected chi connectivity index (χ2v) is 3.20. The van der Waals surface area contributed by atoms with Crippen molar-refractivity contribution in [3.8, 4) is 0 Å². The number of alkyl halides is 1. The highest BCUT2D eigenvalue weighted by Crippen LogP contribution is 2.18. The third-order valence-corrected chi connectivity index (χ3v) is 2.22. The van der Waals surface area contributed by atoms with Gasteiger partial charge in [-0.2, -0.15) is 0 Å². The molecule has 0 fully saturated rings. The summed E-state index contributed by atoms with van der Waals surface area (Å²) in [5.41, 5.74) is 1.11. The molecule has 5 heteroatoms. The minimum Gasteiger partial charge on any atom is -0.408 e. The van der Waals surface area contributed by atoms with E-state index < -0.39 is 5.76 Å². The van der Waals surface area contributed by atoms with Crippen LogP contribution in [-0.4, -0.2) is 4.57 Å². The number of aromatic nitrogens is 1. The Hall–Kier alpha value is -0.930. The first kappa shape index (κ1) is 8.66. The SMILES string of the molecule is O=c1oc2cc(Cl)ccc2n1CCl. The van der Waals surface area contributed by atoms with E-state index in [1.165, 1.54) is 4.57 Å². The van der Waals surface area contributed by atoms with E-state index >= 15 is 0 Å². The molecule has 0 radical (unpaired) electrons. The molecule has 0 saturated heterocycles. The maximum Gasteiger partial charge on any atom is 0.421 e. The summed E-state index contributed by atoms with van der Waals surface area (Å²) in [4.78, 5) is 11.1. The van der Waals surface area contributed by atoms with E-state index in [4.69, 9.17) is 27.6 Å². The highest BCUT2D eigenvalue weighted by atomic mass is 35.5. The Morgan fingerprint density at radius 2 is 2.23 bits per heavy atom. The lowest BCUT2D eigenvalue weighted by molar-refractivity contribution is 0.525. The zero-order valence-corrected chi connectivity index (χ0v) is 7.97. The van der Waals surface area contributed by atoms with Gasteiger partial charge in [-0.1, -0.05) is 11.6 Å². The fraction of sp³-hybridized carbons (Fsp3) is 0.125. The second kappa shape index (κ2) is 3.09. The van der Waals surface area contributed by atoms with E-state index in [9.17, 15) is 4.79 Å². The van der Waals surface area contributed by atoms with Crippen LogP contribution >= 0.6 is 23.2 Å². The molecule has 0 bridgehead atoms. The summed E-state index contributed by atoms with van der Waals surface area (Å²) in [6.07, 6.45) is 0. The molecule has 0 unspecified atom stereocenters. The first-order valence-electron chi connectivity index (χ1n) is 3.57. The number of hydrogen-bond acceptors (Lipinski definition) is 2. The maximum absolute atomic E-state index is 11.1. The van der Waals surface area contributed by atoms with E-state index in [0.29, 0.717) is 16.1 Å². The molecule has 13 heavy (non-hydrogen) atoms. The van der Waals surface area contributed by atoms with Crippen molar-refractivity contribution >= 4 is 34.3 Å². The van der Waals surface area contributed by atoms with Crippen LogP contribution in [-0.2, 0) is 6.00 Å². The van der Waals surface area contributed by atoms with E-state index in [1.54, 1.807) is 18.2 Å². The predicted octanol–water partition coefficient (Wildman–Crippen LogP) is 2.44. The summed E-state index contributed by atoms with van der Waals surface area (Å²) < 4.78 is 6.24. The Morgan fingerprint density at radius 1 is 1.46 bits per heavy atom. The molecule has 0 saturated carbocycles. The van der Waals surface area contributed by atoms with Gasteiger partial charge in [-0.3, -0.25) is 4.57 Å². The van der Waals surface area contributed by atoms with Crippen LogP contribution in [0.4, 0.5) is 0 Å². The van der Waals surface area contributed by atoms with Gasteiger partial charge in [0.2, 0.25) is 0 Å². The van der Waals surface area contributed by atoms with Gasteiger partial charge >= 0.3 is 5.76 Å². The summed E-state index contributed by atoms with van der Waals surface area (Å²) >= 11 is 11.3. The van der Waals surface area contributed by atoms with Gasteiger partial charge in [-0.05, 0) is 12.1 Å². The smallest absolute Gasteiger partial charge is 0.408 e. The van der Waals surface area contributed by atoms with Crippen LogP contribution in [0.5, 0.6) is 0 Å². The monoisotopic (exact) mass is 217 g/mol. The minimum absolute atomic E-state index is 0.0769. The van der Waals surface area contributed by atoms with Crippen molar-refractivity contribution in [2.75, 3.05) is 0 Å². The van der Waals surface area contributed by atoms with Crippen molar-refractivity contribution in [3.63, 3.8) is 0 Å². The molecule has 0 aliphatic heterocycles. The molecular formula is C8H5Cl2NO2. The van der Waals surface area contributed by atoms with Gasteiger partial charge in [0, 0.05) is 11.1 Å². The predicted molar refractivity (Wildman–Crippen MR) is 51.3 cm³/mol. The fourth-order valence-corrected chi connectivity index (χ4v) is 1.54. The highest BCUT2D eigenvalue weighted by molar-refractivity contribution is 6.31. The molecule has 0 N–H and O–H groups in total. The van der Waals surface area contributed by atoms with Crippen LogP contribution in [0.2, 0.25) is 5.02 Å². The van der Waals surface area contributed by atoms with Crippen molar-refractivity contribution in [1.29, 1.82) is 0 Å². The molecule has 1 aromatic heterocycles. The highest BCUT2D eigenvalue weighted by Gasteiger charge is 2.07. The van der Waals surface area contributed by atoms with Crippen LogP contribution in [0.15, 0.2) is 27.4 Å². The molecule has 68 valence electrons. The van der Waals surface area contributed by atoms with Crippen molar-refractivity contribution in [2.24, 2.45) is 0 Å². The first-order valence-corrected chi connectivity index (χ1v) is 4.48. The van der Waals surface area contributed by atoms with E-state index in [0.717, 1.165) is 0 Å². The van der Waals surface area contributed by atoms with Gasteiger partial charge in [0.15, 0.2) is 5.58 Å². The number of halogens is 2. The van der Waals surface area contributed by atoms with Gasteiger partial charge in [0.1, 0.15) is 6.00 Å². The topological polar surface area (TPSA) is 35.1 Å². The molecule has 2 rings (SSSR count). The number of oxazole rings is 1. The van der Waals surface area contributed by atoms with Gasteiger partial charge in [0.05, 0.1) is 5.52 Å². The van der Waals surface area contributed by atoms with Crippen LogP contribution in [0, 0.1) is 0 Å². The minimum atomic E-state index is -0.465. The third kappa shape index (κ3) is 1.34. The van der Waals surface area contributed by atoms with E-state index in [-0.39, 0.29) is 6.00 Å². The normalized spacial score (nSPS) is 10.9. The van der Waals surface area contributed by atoms with Crippen LogP contribution in [0.25, 0.3) is 11.1 Å². The Labute approximate surface area is 83.5 Å². The summed E-state index contributed by atoms with van der Waals surface area (Å²) in [5.74, 6) is -0.465. The standard InChI is InChI=1S/C8H5Cl2NO2/c9-4-11-6-2-1-5(10)3-7(6)13-8(11)12/h1-3H,4H2. The third-order valence-electron chi connectivity index (χ3n) is 1.75. The Bertz CT molecular complexity index is 500. The molecule has 0 aliphatic rings. The summed E-state index contributed by atoms with van der Waals surface area (Å²) in [6, 6.07) is 5.04. The van der Waals surface area contributed by atoms with Gasteiger partial charge < -0.3 is 4.42 Å². The zero-order valence-electron chi connectivity index (χ0n) is 6.46. The second-order valence-electron chi connectivity index (χ2n) is 2.53. The lowest BCUT2D eigenvalue weighted by Gasteiger charge is -1.93. The number of hydrogen-bond donors (Lipinski definition) is 0. The Kier molecular flexibility index (Phi) is 2.06. The van der Waals surface area contributed by atoms with Crippen molar-refractivity contribution in [3.05, 3.63) is 33.8 Å². The molecule has 0 amide bonds. The molecule has 3 nitrogen and oxygen atoms in total. The van der Waals surface area contributed by atoms with Crippen molar-refractivity contribution in [1.82, 2.24) is 4.57 Å². The summed E-state index contributed by atoms with van der Waals surface area (Å²) in [6.45, 7) is 0. The first-order chi connectivity index (χ1) is 6.22. The Balaban J connectivity index is 2.87. The lowest BCUT2D eigenvalue weighted by Crippen LogP contribution is -2.10. The number of rotatable bonds is 1. The molecule has 1 heterocycles. The number of fused-ring (bicyclic) bond motifs is 1. The summed E-state index contributed by atoms with van der Waals surface area (Å²) in [7, 11) is 0. The lowest BCUT2D eigenvalue weighted by atomic mass is 10.3. The maximum atomic E-state index is 11.1. The largest absolute Gasteiger partial charge is 0.421 e. The van der Waals surface area contributed by atoms with Crippen LogP contribution in [0.1, 0.15) is 0 Å². The van der Waals surface area contributed by atoms with E-state index in [1.807, 2.05) is 0 Å². The quantitative estimate of drug-likeness (QED) is 0.689. The van der Waals surface area contributed by atoms with Gasteiger partial charge in [0.25, 0.3) is 0 Å². The van der Waals surface area contributed by atoms with Crippen LogP contribution < -0.4 is 5.76 Å². The van der Waals surface area contributed by atoms with E-state index in [2.05, 4.69) is 0 Å². The summed E-state index contributed by atoms with van der Waals surface area (Å²) in [5, 5.41) is 0.531. The number of benzene rings is 1. The van der Waals surface area contributed by atoms with Crippen molar-refractivity contribution < 1.29 is 4.42 Å². The van der Waals surface area contributed by atoms with Crippen molar-refractivity contribution in [2.45, 2.75) is 6.00 Å². The van der Waals surface area contributed by atoms with Gasteiger partial charge in [-0.25, -0.2) is 4.79 Å². The molecule has 0 atom stereocenters. The average Bonchev–Trinajstić information content (AvgIpc) is 2.39. The molecule has 0 spiro atoms. The zero-order chi connectivity index (χ0) is 9.42. The van der Waals surface area contributed by atoms with Crippen LogP contribution in [0.3, 0.4) is 0 Å². The molecular weight excluding hydrogens is 213 g/mol. The molecule has 0 aliphatic carbocycles. The van der Waals surface area contributed by atoms with Gasteiger partial charge in [-0.15, -0.1) is 11.6 Å². The molecule has 1 aromatic carbocycles. The fourth-order valence-electron chi connectivity index (χ4n) is 1.15. The molecule has 2 aromatic rings. The number of nitrogens with zero attached hydrogens (tertiary/aromatic N) is 1. The Morgan fingerprint density at radius 3 is 2.92 bits per heavy atom. The average molecular weight is 218 g/mol.